The Labute approximate surface area is 127 Å². The predicted octanol–water partition coefficient (Wildman–Crippen LogP) is 4.69. The van der Waals surface area contributed by atoms with Crippen LogP contribution in [-0.4, -0.2) is 11.7 Å². The molecule has 0 amide bonds. The first-order valence-corrected chi connectivity index (χ1v) is 7.93. The standard InChI is InChI=1S/C19H23NO/c1-2-3-13-20(16-7-5-4-6-8-16)19-12-9-15-14-17(21)10-11-18(15)19/h4-8,10-11,14,19,21H,2-3,9,12-13H2,1H3. The van der Waals surface area contributed by atoms with Crippen molar-refractivity contribution in [3.05, 3.63) is 59.7 Å². The average molecular weight is 281 g/mol. The second-order valence-electron chi connectivity index (χ2n) is 5.82. The number of rotatable bonds is 5. The number of phenols is 1. The summed E-state index contributed by atoms with van der Waals surface area (Å²) in [4.78, 5) is 2.53. The minimum atomic E-state index is 0.384. The Kier molecular flexibility index (Phi) is 4.14. The molecule has 0 spiro atoms. The summed E-state index contributed by atoms with van der Waals surface area (Å²) in [7, 11) is 0. The quantitative estimate of drug-likeness (QED) is 0.859. The number of hydrogen-bond donors (Lipinski definition) is 1. The maximum atomic E-state index is 9.67. The molecule has 0 bridgehead atoms. The Morgan fingerprint density at radius 3 is 2.71 bits per heavy atom. The number of aryl methyl sites for hydroxylation is 1. The van der Waals surface area contributed by atoms with E-state index in [1.165, 1.54) is 29.7 Å². The van der Waals surface area contributed by atoms with Gasteiger partial charge in [0.05, 0.1) is 6.04 Å². The Balaban J connectivity index is 1.92. The Bertz CT molecular complexity index is 594. The van der Waals surface area contributed by atoms with Gasteiger partial charge in [-0.1, -0.05) is 37.6 Å². The van der Waals surface area contributed by atoms with Gasteiger partial charge in [-0.3, -0.25) is 0 Å². The van der Waals surface area contributed by atoms with Gasteiger partial charge in [-0.05, 0) is 54.7 Å². The molecule has 1 aliphatic carbocycles. The average Bonchev–Trinajstić information content (AvgIpc) is 2.92. The van der Waals surface area contributed by atoms with Gasteiger partial charge in [0.15, 0.2) is 0 Å². The normalized spacial score (nSPS) is 16.7. The van der Waals surface area contributed by atoms with Gasteiger partial charge in [0, 0.05) is 12.2 Å². The third kappa shape index (κ3) is 2.90. The van der Waals surface area contributed by atoms with Gasteiger partial charge in [-0.15, -0.1) is 0 Å². The lowest BCUT2D eigenvalue weighted by Crippen LogP contribution is -2.28. The second kappa shape index (κ2) is 6.21. The number of phenolic OH excluding ortho intramolecular Hbond substituents is 1. The van der Waals surface area contributed by atoms with Crippen LogP contribution < -0.4 is 4.90 Å². The van der Waals surface area contributed by atoms with Crippen LogP contribution in [0.25, 0.3) is 0 Å². The first-order chi connectivity index (χ1) is 10.3. The van der Waals surface area contributed by atoms with E-state index >= 15 is 0 Å². The van der Waals surface area contributed by atoms with Gasteiger partial charge in [0.25, 0.3) is 0 Å². The van der Waals surface area contributed by atoms with Crippen molar-refractivity contribution in [1.82, 2.24) is 0 Å². The summed E-state index contributed by atoms with van der Waals surface area (Å²) in [6, 6.07) is 17.0. The number of nitrogens with zero attached hydrogens (tertiary/aromatic N) is 1. The van der Waals surface area contributed by atoms with E-state index in [1.54, 1.807) is 0 Å². The fourth-order valence-corrected chi connectivity index (χ4v) is 3.32. The van der Waals surface area contributed by atoms with Crippen LogP contribution >= 0.6 is 0 Å². The zero-order valence-electron chi connectivity index (χ0n) is 12.6. The highest BCUT2D eigenvalue weighted by Crippen LogP contribution is 2.39. The molecule has 0 aromatic heterocycles. The van der Waals surface area contributed by atoms with Gasteiger partial charge >= 0.3 is 0 Å². The Morgan fingerprint density at radius 2 is 1.95 bits per heavy atom. The lowest BCUT2D eigenvalue weighted by molar-refractivity contribution is 0.474. The zero-order valence-corrected chi connectivity index (χ0v) is 12.6. The molecule has 1 N–H and O–H groups in total. The summed E-state index contributed by atoms with van der Waals surface area (Å²) >= 11 is 0. The van der Waals surface area contributed by atoms with Crippen LogP contribution in [0.15, 0.2) is 48.5 Å². The van der Waals surface area contributed by atoms with E-state index in [0.717, 1.165) is 19.4 Å². The molecule has 2 heteroatoms. The van der Waals surface area contributed by atoms with Crippen molar-refractivity contribution in [1.29, 1.82) is 0 Å². The summed E-state index contributed by atoms with van der Waals surface area (Å²) in [6.07, 6.45) is 4.61. The molecule has 21 heavy (non-hydrogen) atoms. The Hall–Kier alpha value is -1.96. The molecule has 0 heterocycles. The highest BCUT2D eigenvalue weighted by Gasteiger charge is 2.28. The predicted molar refractivity (Wildman–Crippen MR) is 87.9 cm³/mol. The van der Waals surface area contributed by atoms with Crippen LogP contribution in [0.2, 0.25) is 0 Å². The summed E-state index contributed by atoms with van der Waals surface area (Å²) < 4.78 is 0. The van der Waals surface area contributed by atoms with Gasteiger partial charge in [-0.2, -0.15) is 0 Å². The molecule has 110 valence electrons. The molecule has 0 saturated heterocycles. The maximum Gasteiger partial charge on any atom is 0.115 e. The van der Waals surface area contributed by atoms with E-state index in [0.29, 0.717) is 11.8 Å². The van der Waals surface area contributed by atoms with E-state index in [4.69, 9.17) is 0 Å². The van der Waals surface area contributed by atoms with Gasteiger partial charge in [0.2, 0.25) is 0 Å². The molecule has 0 aliphatic heterocycles. The highest BCUT2D eigenvalue weighted by molar-refractivity contribution is 5.52. The molecule has 2 aromatic rings. The number of para-hydroxylation sites is 1. The van der Waals surface area contributed by atoms with Crippen molar-refractivity contribution in [2.24, 2.45) is 0 Å². The third-order valence-electron chi connectivity index (χ3n) is 4.39. The van der Waals surface area contributed by atoms with Crippen LogP contribution in [0, 0.1) is 0 Å². The molecule has 2 aromatic carbocycles. The number of anilines is 1. The highest BCUT2D eigenvalue weighted by atomic mass is 16.3. The van der Waals surface area contributed by atoms with Gasteiger partial charge in [0.1, 0.15) is 5.75 Å². The zero-order chi connectivity index (χ0) is 14.7. The summed E-state index contributed by atoms with van der Waals surface area (Å²) in [5.74, 6) is 0.384. The molecular weight excluding hydrogens is 258 g/mol. The number of hydrogen-bond acceptors (Lipinski definition) is 2. The van der Waals surface area contributed by atoms with E-state index < -0.39 is 0 Å². The molecule has 0 saturated carbocycles. The maximum absolute atomic E-state index is 9.67. The SMILES string of the molecule is CCCCN(c1ccccc1)C1CCc2cc(O)ccc21. The van der Waals surface area contributed by atoms with E-state index in [1.807, 2.05) is 12.1 Å². The summed E-state index contributed by atoms with van der Waals surface area (Å²) in [5, 5.41) is 9.67. The van der Waals surface area contributed by atoms with Gasteiger partial charge in [-0.25, -0.2) is 0 Å². The van der Waals surface area contributed by atoms with Crippen LogP contribution in [0.4, 0.5) is 5.69 Å². The number of unbranched alkanes of at least 4 members (excludes halogenated alkanes) is 1. The summed E-state index contributed by atoms with van der Waals surface area (Å²) in [5.41, 5.74) is 3.99. The van der Waals surface area contributed by atoms with E-state index in [2.05, 4.69) is 48.2 Å². The fraction of sp³-hybridized carbons (Fsp3) is 0.368. The minimum absolute atomic E-state index is 0.384. The molecule has 1 aliphatic rings. The molecule has 2 nitrogen and oxygen atoms in total. The van der Waals surface area contributed by atoms with E-state index in [-0.39, 0.29) is 0 Å². The number of aromatic hydroxyl groups is 1. The number of fused-ring (bicyclic) bond motifs is 1. The second-order valence-corrected chi connectivity index (χ2v) is 5.82. The summed E-state index contributed by atoms with van der Waals surface area (Å²) in [6.45, 7) is 3.33. The minimum Gasteiger partial charge on any atom is -0.508 e. The van der Waals surface area contributed by atoms with Crippen molar-refractivity contribution in [2.75, 3.05) is 11.4 Å². The van der Waals surface area contributed by atoms with E-state index in [9.17, 15) is 5.11 Å². The van der Waals surface area contributed by atoms with Crippen LogP contribution in [0.3, 0.4) is 0 Å². The first kappa shape index (κ1) is 14.0. The largest absolute Gasteiger partial charge is 0.508 e. The molecule has 1 atom stereocenters. The first-order valence-electron chi connectivity index (χ1n) is 7.93. The van der Waals surface area contributed by atoms with Crippen molar-refractivity contribution in [3.8, 4) is 5.75 Å². The molecule has 0 radical (unpaired) electrons. The van der Waals surface area contributed by atoms with Crippen molar-refractivity contribution in [3.63, 3.8) is 0 Å². The number of benzene rings is 2. The molecule has 0 fully saturated rings. The van der Waals surface area contributed by atoms with Crippen LogP contribution in [-0.2, 0) is 6.42 Å². The topological polar surface area (TPSA) is 23.5 Å². The van der Waals surface area contributed by atoms with Gasteiger partial charge < -0.3 is 10.0 Å². The van der Waals surface area contributed by atoms with Crippen molar-refractivity contribution >= 4 is 5.69 Å². The molecule has 1 unspecified atom stereocenters. The van der Waals surface area contributed by atoms with Crippen molar-refractivity contribution in [2.45, 2.75) is 38.6 Å². The lowest BCUT2D eigenvalue weighted by Gasteiger charge is -2.32. The smallest absolute Gasteiger partial charge is 0.115 e. The third-order valence-corrected chi connectivity index (χ3v) is 4.39. The monoisotopic (exact) mass is 281 g/mol. The van der Waals surface area contributed by atoms with Crippen molar-refractivity contribution < 1.29 is 5.11 Å². The lowest BCUT2D eigenvalue weighted by atomic mass is 10.0. The molecular formula is C19H23NO. The molecule has 3 rings (SSSR count). The Morgan fingerprint density at radius 1 is 1.14 bits per heavy atom. The van der Waals surface area contributed by atoms with Crippen LogP contribution in [0.5, 0.6) is 5.75 Å². The van der Waals surface area contributed by atoms with Crippen LogP contribution in [0.1, 0.15) is 43.4 Å². The fourth-order valence-electron chi connectivity index (χ4n) is 3.32.